The summed E-state index contributed by atoms with van der Waals surface area (Å²) in [4.78, 5) is 11.7. The molecule has 92 valence electrons. The number of aromatic amines is 1. The summed E-state index contributed by atoms with van der Waals surface area (Å²) in [5.74, 6) is 0.638. The molecule has 2 heterocycles. The summed E-state index contributed by atoms with van der Waals surface area (Å²) in [5, 5.41) is 10.5. The molecule has 18 heavy (non-hydrogen) atoms. The summed E-state index contributed by atoms with van der Waals surface area (Å²) in [7, 11) is 0. The Balaban J connectivity index is 2.12. The number of aromatic nitrogens is 2. The van der Waals surface area contributed by atoms with E-state index in [4.69, 9.17) is 11.6 Å². The molecule has 0 spiro atoms. The molecule has 2 aromatic rings. The molecule has 3 rings (SSSR count). The zero-order valence-corrected chi connectivity index (χ0v) is 10.6. The van der Waals surface area contributed by atoms with Crippen LogP contribution in [0.5, 0.6) is 0 Å². The van der Waals surface area contributed by atoms with E-state index in [0.717, 1.165) is 16.8 Å². The molecule has 0 saturated carbocycles. The Bertz CT molecular complexity index is 620. The van der Waals surface area contributed by atoms with Gasteiger partial charge in [-0.3, -0.25) is 9.89 Å². The Kier molecular flexibility index (Phi) is 2.59. The number of carbonyl (C=O) groups excluding carboxylic acids is 1. The van der Waals surface area contributed by atoms with Crippen molar-refractivity contribution < 1.29 is 4.79 Å². The lowest BCUT2D eigenvalue weighted by Crippen LogP contribution is -2.23. The number of halogens is 1. The van der Waals surface area contributed by atoms with Crippen LogP contribution in [0.4, 0.5) is 5.82 Å². The topological polar surface area (TPSA) is 57.8 Å². The number of anilines is 1. The quantitative estimate of drug-likeness (QED) is 0.829. The van der Waals surface area contributed by atoms with Gasteiger partial charge in [0.05, 0.1) is 0 Å². The highest BCUT2D eigenvalue weighted by molar-refractivity contribution is 6.30. The van der Waals surface area contributed by atoms with Crippen LogP contribution in [-0.2, 0) is 4.79 Å². The number of benzene rings is 1. The lowest BCUT2D eigenvalue weighted by Gasteiger charge is -2.23. The highest BCUT2D eigenvalue weighted by atomic mass is 35.5. The lowest BCUT2D eigenvalue weighted by molar-refractivity contribution is -0.116. The number of H-pyrrole nitrogens is 1. The van der Waals surface area contributed by atoms with Crippen LogP contribution in [0.3, 0.4) is 0 Å². The molecule has 1 aromatic carbocycles. The lowest BCUT2D eigenvalue weighted by atomic mass is 9.86. The molecule has 1 unspecified atom stereocenters. The first kappa shape index (κ1) is 11.3. The summed E-state index contributed by atoms with van der Waals surface area (Å²) < 4.78 is 0. The molecule has 0 saturated heterocycles. The standard InChI is InChI=1S/C13H12ClN3O/c1-7-12-10(8-3-2-4-9(14)5-8)6-11(18)15-13(12)17-16-7/h2-5,10H,6H2,1H3,(H2,15,16,17,18). The maximum absolute atomic E-state index is 11.7. The predicted octanol–water partition coefficient (Wildman–Crippen LogP) is 2.85. The van der Waals surface area contributed by atoms with Crippen molar-refractivity contribution in [1.29, 1.82) is 0 Å². The van der Waals surface area contributed by atoms with Gasteiger partial charge in [-0.05, 0) is 24.6 Å². The van der Waals surface area contributed by atoms with E-state index >= 15 is 0 Å². The fourth-order valence-electron chi connectivity index (χ4n) is 2.44. The Morgan fingerprint density at radius 3 is 3.06 bits per heavy atom. The van der Waals surface area contributed by atoms with E-state index in [1.807, 2.05) is 31.2 Å². The van der Waals surface area contributed by atoms with E-state index in [0.29, 0.717) is 17.3 Å². The van der Waals surface area contributed by atoms with E-state index in [-0.39, 0.29) is 11.8 Å². The molecule has 0 fully saturated rings. The van der Waals surface area contributed by atoms with Gasteiger partial charge in [0.1, 0.15) is 0 Å². The van der Waals surface area contributed by atoms with Crippen molar-refractivity contribution in [3.05, 3.63) is 46.1 Å². The monoisotopic (exact) mass is 261 g/mol. The number of hydrogen-bond acceptors (Lipinski definition) is 2. The number of aryl methyl sites for hydroxylation is 1. The van der Waals surface area contributed by atoms with Gasteiger partial charge in [0.15, 0.2) is 5.82 Å². The van der Waals surface area contributed by atoms with Crippen LogP contribution in [0.25, 0.3) is 0 Å². The van der Waals surface area contributed by atoms with Crippen molar-refractivity contribution in [1.82, 2.24) is 10.2 Å². The van der Waals surface area contributed by atoms with Crippen LogP contribution in [0, 0.1) is 6.92 Å². The smallest absolute Gasteiger partial charge is 0.226 e. The van der Waals surface area contributed by atoms with E-state index < -0.39 is 0 Å². The summed E-state index contributed by atoms with van der Waals surface area (Å²) in [6, 6.07) is 7.63. The van der Waals surface area contributed by atoms with Gasteiger partial charge >= 0.3 is 0 Å². The highest BCUT2D eigenvalue weighted by Crippen LogP contribution is 2.38. The van der Waals surface area contributed by atoms with Crippen LogP contribution in [-0.4, -0.2) is 16.1 Å². The molecule has 1 aromatic heterocycles. The molecule has 1 aliphatic rings. The minimum atomic E-state index is -0.0148. The minimum Gasteiger partial charge on any atom is -0.309 e. The van der Waals surface area contributed by atoms with E-state index in [2.05, 4.69) is 15.5 Å². The van der Waals surface area contributed by atoms with E-state index in [1.54, 1.807) is 0 Å². The SMILES string of the molecule is Cc1[nH]nc2c1C(c1cccc(Cl)c1)CC(=O)N2. The Morgan fingerprint density at radius 2 is 2.28 bits per heavy atom. The van der Waals surface area contributed by atoms with Crippen molar-refractivity contribution >= 4 is 23.3 Å². The van der Waals surface area contributed by atoms with Gasteiger partial charge in [-0.15, -0.1) is 0 Å². The van der Waals surface area contributed by atoms with Gasteiger partial charge in [0.25, 0.3) is 0 Å². The van der Waals surface area contributed by atoms with Gasteiger partial charge < -0.3 is 5.32 Å². The molecule has 1 amide bonds. The summed E-state index contributed by atoms with van der Waals surface area (Å²) in [5.41, 5.74) is 3.08. The molecule has 4 nitrogen and oxygen atoms in total. The van der Waals surface area contributed by atoms with Crippen molar-refractivity contribution in [3.8, 4) is 0 Å². The van der Waals surface area contributed by atoms with Crippen LogP contribution < -0.4 is 5.32 Å². The number of nitrogens with zero attached hydrogens (tertiary/aromatic N) is 1. The maximum Gasteiger partial charge on any atom is 0.226 e. The first-order chi connectivity index (χ1) is 8.65. The third-order valence-electron chi connectivity index (χ3n) is 3.24. The van der Waals surface area contributed by atoms with Crippen LogP contribution in [0.2, 0.25) is 5.02 Å². The fourth-order valence-corrected chi connectivity index (χ4v) is 2.64. The van der Waals surface area contributed by atoms with Gasteiger partial charge in [-0.1, -0.05) is 23.7 Å². The highest BCUT2D eigenvalue weighted by Gasteiger charge is 2.30. The molecule has 0 radical (unpaired) electrons. The Hall–Kier alpha value is -1.81. The molecule has 1 aliphatic heterocycles. The normalized spacial score (nSPS) is 18.3. The average molecular weight is 262 g/mol. The first-order valence-electron chi connectivity index (χ1n) is 5.75. The van der Waals surface area contributed by atoms with Crippen LogP contribution >= 0.6 is 11.6 Å². The Morgan fingerprint density at radius 1 is 1.44 bits per heavy atom. The van der Waals surface area contributed by atoms with Gasteiger partial charge in [0, 0.05) is 28.6 Å². The second kappa shape index (κ2) is 4.14. The van der Waals surface area contributed by atoms with E-state index in [9.17, 15) is 4.79 Å². The van der Waals surface area contributed by atoms with Gasteiger partial charge in [-0.25, -0.2) is 0 Å². The second-order valence-electron chi connectivity index (χ2n) is 4.47. The number of carbonyl (C=O) groups is 1. The number of rotatable bonds is 1. The predicted molar refractivity (Wildman–Crippen MR) is 69.9 cm³/mol. The van der Waals surface area contributed by atoms with Gasteiger partial charge in [0.2, 0.25) is 5.91 Å². The van der Waals surface area contributed by atoms with Crippen molar-refractivity contribution in [2.24, 2.45) is 0 Å². The molecule has 5 heteroatoms. The van der Waals surface area contributed by atoms with Crippen molar-refractivity contribution in [3.63, 3.8) is 0 Å². The number of amides is 1. The summed E-state index contributed by atoms with van der Waals surface area (Å²) in [6.45, 7) is 1.96. The number of hydrogen-bond donors (Lipinski definition) is 2. The summed E-state index contributed by atoms with van der Waals surface area (Å²) >= 11 is 6.02. The number of nitrogens with one attached hydrogen (secondary N) is 2. The first-order valence-corrected chi connectivity index (χ1v) is 6.13. The second-order valence-corrected chi connectivity index (χ2v) is 4.91. The largest absolute Gasteiger partial charge is 0.309 e. The number of fused-ring (bicyclic) bond motifs is 1. The van der Waals surface area contributed by atoms with Crippen LogP contribution in [0.15, 0.2) is 24.3 Å². The summed E-state index contributed by atoms with van der Waals surface area (Å²) in [6.07, 6.45) is 0.424. The van der Waals surface area contributed by atoms with Gasteiger partial charge in [-0.2, -0.15) is 5.10 Å². The van der Waals surface area contributed by atoms with Crippen LogP contribution in [0.1, 0.15) is 29.2 Å². The molecule has 1 atom stereocenters. The molecule has 0 aliphatic carbocycles. The molecular weight excluding hydrogens is 250 g/mol. The third kappa shape index (κ3) is 1.78. The Labute approximate surface area is 109 Å². The fraction of sp³-hybridized carbons (Fsp3) is 0.231. The minimum absolute atomic E-state index is 0.0148. The zero-order chi connectivity index (χ0) is 12.7. The third-order valence-corrected chi connectivity index (χ3v) is 3.48. The molecular formula is C13H12ClN3O. The van der Waals surface area contributed by atoms with Crippen molar-refractivity contribution in [2.75, 3.05) is 5.32 Å². The van der Waals surface area contributed by atoms with E-state index in [1.165, 1.54) is 0 Å². The molecule has 2 N–H and O–H groups in total. The zero-order valence-electron chi connectivity index (χ0n) is 9.83. The average Bonchev–Trinajstić information content (AvgIpc) is 2.70. The van der Waals surface area contributed by atoms with Crippen molar-refractivity contribution in [2.45, 2.75) is 19.3 Å². The maximum atomic E-state index is 11.7. The molecule has 0 bridgehead atoms.